The van der Waals surface area contributed by atoms with Crippen LogP contribution in [0.3, 0.4) is 0 Å². The van der Waals surface area contributed by atoms with Crippen LogP contribution in [0, 0.1) is 6.92 Å². The third kappa shape index (κ3) is 5.70. The number of ether oxygens (including phenoxy) is 2. The van der Waals surface area contributed by atoms with Crippen LogP contribution in [0.25, 0.3) is 0 Å². The molecule has 2 aromatic carbocycles. The van der Waals surface area contributed by atoms with Crippen LogP contribution < -0.4 is 20.3 Å². The van der Waals surface area contributed by atoms with E-state index in [0.29, 0.717) is 17.1 Å². The largest absolute Gasteiger partial charge is 0.493 e. The molecule has 0 fully saturated rings. The van der Waals surface area contributed by atoms with E-state index in [0.717, 1.165) is 11.3 Å². The van der Waals surface area contributed by atoms with E-state index in [1.807, 2.05) is 31.2 Å². The Bertz CT molecular complexity index is 763. The predicted octanol–water partition coefficient (Wildman–Crippen LogP) is 2.71. The molecular formula is C19H22N2O4S. The molecular weight excluding hydrogens is 352 g/mol. The van der Waals surface area contributed by atoms with Crippen LogP contribution in [0.4, 0.5) is 0 Å². The van der Waals surface area contributed by atoms with Gasteiger partial charge in [0.2, 0.25) is 5.91 Å². The van der Waals surface area contributed by atoms with Crippen LogP contribution in [0.2, 0.25) is 0 Å². The van der Waals surface area contributed by atoms with E-state index in [4.69, 9.17) is 9.47 Å². The average Bonchev–Trinajstić information content (AvgIpc) is 2.67. The minimum Gasteiger partial charge on any atom is -0.493 e. The maximum atomic E-state index is 12.1. The molecule has 2 amide bonds. The molecule has 26 heavy (non-hydrogen) atoms. The maximum Gasteiger partial charge on any atom is 0.269 e. The van der Waals surface area contributed by atoms with Crippen molar-refractivity contribution in [3.63, 3.8) is 0 Å². The van der Waals surface area contributed by atoms with E-state index in [1.54, 1.807) is 18.2 Å². The lowest BCUT2D eigenvalue weighted by molar-refractivity contribution is -0.119. The summed E-state index contributed by atoms with van der Waals surface area (Å²) < 4.78 is 10.3. The number of amides is 2. The van der Waals surface area contributed by atoms with E-state index in [-0.39, 0.29) is 11.7 Å². The summed E-state index contributed by atoms with van der Waals surface area (Å²) in [7, 11) is 3.01. The highest BCUT2D eigenvalue weighted by Crippen LogP contribution is 2.27. The monoisotopic (exact) mass is 374 g/mol. The fourth-order valence-corrected chi connectivity index (χ4v) is 2.95. The van der Waals surface area contributed by atoms with Gasteiger partial charge in [-0.15, -0.1) is 11.8 Å². The van der Waals surface area contributed by atoms with Crippen molar-refractivity contribution in [3.05, 3.63) is 59.2 Å². The smallest absolute Gasteiger partial charge is 0.269 e. The molecule has 0 bridgehead atoms. The molecule has 6 nitrogen and oxygen atoms in total. The van der Waals surface area contributed by atoms with Gasteiger partial charge in [0.05, 0.1) is 20.0 Å². The van der Waals surface area contributed by atoms with Crippen molar-refractivity contribution < 1.29 is 19.1 Å². The van der Waals surface area contributed by atoms with Gasteiger partial charge in [-0.05, 0) is 30.7 Å². The molecule has 2 N–H and O–H groups in total. The Hall–Kier alpha value is -2.67. The van der Waals surface area contributed by atoms with Crippen molar-refractivity contribution in [3.8, 4) is 11.5 Å². The normalized spacial score (nSPS) is 10.1. The number of carbonyl (C=O) groups is 2. The summed E-state index contributed by atoms with van der Waals surface area (Å²) in [5, 5.41) is 0. The summed E-state index contributed by atoms with van der Waals surface area (Å²) in [6.07, 6.45) is 0. The molecule has 0 spiro atoms. The molecule has 138 valence electrons. The number of hydrazine groups is 1. The minimum atomic E-state index is -0.428. The van der Waals surface area contributed by atoms with Crippen LogP contribution in [-0.2, 0) is 10.5 Å². The van der Waals surface area contributed by atoms with Crippen molar-refractivity contribution >= 4 is 23.6 Å². The molecule has 7 heteroatoms. The fourth-order valence-electron chi connectivity index (χ4n) is 2.16. The zero-order valence-corrected chi connectivity index (χ0v) is 15.8. The van der Waals surface area contributed by atoms with E-state index >= 15 is 0 Å². The van der Waals surface area contributed by atoms with Crippen molar-refractivity contribution in [2.24, 2.45) is 0 Å². The van der Waals surface area contributed by atoms with E-state index in [1.165, 1.54) is 31.5 Å². The molecule has 0 aromatic heterocycles. The van der Waals surface area contributed by atoms with Gasteiger partial charge in [-0.1, -0.05) is 29.8 Å². The highest BCUT2D eigenvalue weighted by molar-refractivity contribution is 7.99. The fraction of sp³-hybridized carbons (Fsp3) is 0.263. The van der Waals surface area contributed by atoms with Crippen LogP contribution in [0.1, 0.15) is 21.5 Å². The number of methoxy groups -OCH3 is 2. The number of thioether (sulfide) groups is 1. The second-order valence-electron chi connectivity index (χ2n) is 5.55. The Balaban J connectivity index is 1.77. The van der Waals surface area contributed by atoms with Crippen molar-refractivity contribution in [2.45, 2.75) is 12.7 Å². The SMILES string of the molecule is COc1ccc(C(=O)NNC(=O)CSCc2ccc(C)cc2)cc1OC. The number of benzene rings is 2. The topological polar surface area (TPSA) is 76.7 Å². The first-order valence-corrected chi connectivity index (χ1v) is 9.13. The molecule has 0 aliphatic rings. The first-order valence-electron chi connectivity index (χ1n) is 7.98. The standard InChI is InChI=1S/C19H22N2O4S/c1-13-4-6-14(7-5-13)11-26-12-18(22)20-21-19(23)15-8-9-16(24-2)17(10-15)25-3/h4-10H,11-12H2,1-3H3,(H,20,22)(H,21,23). The van der Waals surface area contributed by atoms with Gasteiger partial charge in [0, 0.05) is 11.3 Å². The molecule has 0 saturated heterocycles. The molecule has 0 radical (unpaired) electrons. The van der Waals surface area contributed by atoms with Gasteiger partial charge in [-0.25, -0.2) is 0 Å². The molecule has 2 aromatic rings. The minimum absolute atomic E-state index is 0.250. The molecule has 0 heterocycles. The lowest BCUT2D eigenvalue weighted by Crippen LogP contribution is -2.42. The molecule has 0 aliphatic heterocycles. The zero-order valence-electron chi connectivity index (χ0n) is 15.0. The lowest BCUT2D eigenvalue weighted by Gasteiger charge is -2.10. The number of hydrogen-bond acceptors (Lipinski definition) is 5. The van der Waals surface area contributed by atoms with Crippen LogP contribution in [-0.4, -0.2) is 31.8 Å². The summed E-state index contributed by atoms with van der Waals surface area (Å²) in [5.74, 6) is 1.26. The third-order valence-electron chi connectivity index (χ3n) is 3.58. The molecule has 0 unspecified atom stereocenters. The van der Waals surface area contributed by atoms with Crippen molar-refractivity contribution in [2.75, 3.05) is 20.0 Å². The molecule has 0 atom stereocenters. The lowest BCUT2D eigenvalue weighted by atomic mass is 10.2. The van der Waals surface area contributed by atoms with Crippen LogP contribution >= 0.6 is 11.8 Å². The van der Waals surface area contributed by atoms with Crippen LogP contribution in [0.15, 0.2) is 42.5 Å². The molecule has 2 rings (SSSR count). The second-order valence-corrected chi connectivity index (χ2v) is 6.54. The average molecular weight is 374 g/mol. The highest BCUT2D eigenvalue weighted by atomic mass is 32.2. The maximum absolute atomic E-state index is 12.1. The summed E-state index contributed by atoms with van der Waals surface area (Å²) in [5.41, 5.74) is 7.52. The first kappa shape index (κ1) is 19.7. The van der Waals surface area contributed by atoms with Gasteiger partial charge in [-0.3, -0.25) is 20.4 Å². The number of rotatable bonds is 7. The number of nitrogens with one attached hydrogen (secondary N) is 2. The van der Waals surface area contributed by atoms with Crippen molar-refractivity contribution in [1.29, 1.82) is 0 Å². The van der Waals surface area contributed by atoms with E-state index in [2.05, 4.69) is 10.9 Å². The Morgan fingerprint density at radius 1 is 0.962 bits per heavy atom. The summed E-state index contributed by atoms with van der Waals surface area (Å²) in [6, 6.07) is 12.9. The van der Waals surface area contributed by atoms with Gasteiger partial charge in [0.15, 0.2) is 11.5 Å². The molecule has 0 saturated carbocycles. The third-order valence-corrected chi connectivity index (χ3v) is 4.59. The number of aryl methyl sites for hydroxylation is 1. The first-order chi connectivity index (χ1) is 12.5. The zero-order chi connectivity index (χ0) is 18.9. The Morgan fingerprint density at radius 2 is 1.65 bits per heavy atom. The van der Waals surface area contributed by atoms with E-state index < -0.39 is 5.91 Å². The second kappa shape index (κ2) is 9.72. The van der Waals surface area contributed by atoms with Crippen LogP contribution in [0.5, 0.6) is 11.5 Å². The van der Waals surface area contributed by atoms with E-state index in [9.17, 15) is 9.59 Å². The summed E-state index contributed by atoms with van der Waals surface area (Å²) in [6.45, 7) is 2.03. The predicted molar refractivity (Wildman–Crippen MR) is 102 cm³/mol. The number of carbonyl (C=O) groups excluding carboxylic acids is 2. The van der Waals surface area contributed by atoms with Gasteiger partial charge < -0.3 is 9.47 Å². The Kier molecular flexibility index (Phi) is 7.35. The van der Waals surface area contributed by atoms with Gasteiger partial charge >= 0.3 is 0 Å². The Labute approximate surface area is 157 Å². The summed E-state index contributed by atoms with van der Waals surface area (Å²) in [4.78, 5) is 24.0. The highest BCUT2D eigenvalue weighted by Gasteiger charge is 2.11. The van der Waals surface area contributed by atoms with Gasteiger partial charge in [0.25, 0.3) is 5.91 Å². The molecule has 0 aliphatic carbocycles. The van der Waals surface area contributed by atoms with Crippen molar-refractivity contribution in [1.82, 2.24) is 10.9 Å². The summed E-state index contributed by atoms with van der Waals surface area (Å²) >= 11 is 1.48. The van der Waals surface area contributed by atoms with Gasteiger partial charge in [0.1, 0.15) is 0 Å². The number of hydrogen-bond donors (Lipinski definition) is 2. The quantitative estimate of drug-likeness (QED) is 0.729. The Morgan fingerprint density at radius 3 is 2.31 bits per heavy atom. The van der Waals surface area contributed by atoms with Gasteiger partial charge in [-0.2, -0.15) is 0 Å².